The molecule has 0 fully saturated rings. The first kappa shape index (κ1) is 39.0. The normalized spacial score (nSPS) is 12.7. The topological polar surface area (TPSA) is 105 Å². The molecule has 0 aliphatic rings. The fourth-order valence-electron chi connectivity index (χ4n) is 2.19. The molecule has 0 aromatic carbocycles. The van der Waals surface area contributed by atoms with E-state index in [1.807, 2.05) is 76.2 Å². The molecule has 0 amide bonds. The predicted molar refractivity (Wildman–Crippen MR) is 154 cm³/mol. The van der Waals surface area contributed by atoms with Crippen LogP contribution < -0.4 is 0 Å². The second-order valence-corrected chi connectivity index (χ2v) is 13.3. The molecule has 0 aliphatic carbocycles. The standard InChI is InChI=1S/C16H30O4.C15H28O4/c1-10-14(4,5)12(17)19-16(8,9)13(18)20-15(6,7)11(2)3;1-7-14(3,4)13(17)18-11-9-10-12(16)19-15(5,6)8-2/h11H,10H2,1-9H3;7-11H2,1-6H3. The van der Waals surface area contributed by atoms with E-state index >= 15 is 0 Å². The molecular formula is C31H58O8. The monoisotopic (exact) mass is 558 g/mol. The molecule has 39 heavy (non-hydrogen) atoms. The van der Waals surface area contributed by atoms with E-state index < -0.39 is 33.6 Å². The Balaban J connectivity index is 0. The van der Waals surface area contributed by atoms with Crippen molar-refractivity contribution in [1.82, 2.24) is 0 Å². The Kier molecular flexibility index (Phi) is 15.6. The summed E-state index contributed by atoms with van der Waals surface area (Å²) in [5.41, 5.74) is -3.36. The van der Waals surface area contributed by atoms with E-state index in [1.165, 1.54) is 0 Å². The summed E-state index contributed by atoms with van der Waals surface area (Å²) in [5.74, 6) is -1.18. The van der Waals surface area contributed by atoms with Crippen LogP contribution in [0.1, 0.15) is 136 Å². The molecule has 0 saturated carbocycles. The molecule has 0 bridgehead atoms. The van der Waals surface area contributed by atoms with Crippen LogP contribution >= 0.6 is 0 Å². The van der Waals surface area contributed by atoms with E-state index in [0.717, 1.165) is 12.8 Å². The first-order valence-corrected chi connectivity index (χ1v) is 14.3. The van der Waals surface area contributed by atoms with Gasteiger partial charge in [-0.05, 0) is 101 Å². The summed E-state index contributed by atoms with van der Waals surface area (Å²) in [6, 6.07) is 0. The number of esters is 4. The van der Waals surface area contributed by atoms with Crippen LogP contribution in [-0.4, -0.2) is 47.3 Å². The van der Waals surface area contributed by atoms with E-state index in [4.69, 9.17) is 18.9 Å². The lowest BCUT2D eigenvalue weighted by Crippen LogP contribution is -2.46. The first-order valence-electron chi connectivity index (χ1n) is 14.3. The fraction of sp³-hybridized carbons (Fsp3) is 0.871. The van der Waals surface area contributed by atoms with Gasteiger partial charge >= 0.3 is 23.9 Å². The molecule has 0 aliphatic heterocycles. The molecule has 0 spiro atoms. The van der Waals surface area contributed by atoms with Crippen molar-refractivity contribution in [1.29, 1.82) is 0 Å². The van der Waals surface area contributed by atoms with E-state index in [9.17, 15) is 19.2 Å². The van der Waals surface area contributed by atoms with Gasteiger partial charge in [-0.25, -0.2) is 4.79 Å². The Bertz CT molecular complexity index is 803. The van der Waals surface area contributed by atoms with Crippen LogP contribution in [0.2, 0.25) is 0 Å². The molecule has 0 rings (SSSR count). The minimum absolute atomic E-state index is 0.171. The second-order valence-electron chi connectivity index (χ2n) is 13.3. The number of ether oxygens (including phenoxy) is 4. The highest BCUT2D eigenvalue weighted by Gasteiger charge is 2.41. The highest BCUT2D eigenvalue weighted by Crippen LogP contribution is 2.28. The zero-order valence-electron chi connectivity index (χ0n) is 27.6. The van der Waals surface area contributed by atoms with Crippen LogP contribution in [-0.2, 0) is 38.1 Å². The first-order chi connectivity index (χ1) is 17.4. The molecular weight excluding hydrogens is 500 g/mol. The Morgan fingerprint density at radius 1 is 0.615 bits per heavy atom. The molecule has 0 unspecified atom stereocenters. The lowest BCUT2D eigenvalue weighted by Gasteiger charge is -2.34. The van der Waals surface area contributed by atoms with Gasteiger partial charge in [0.1, 0.15) is 11.2 Å². The molecule has 0 atom stereocenters. The Morgan fingerprint density at radius 3 is 1.49 bits per heavy atom. The van der Waals surface area contributed by atoms with Crippen molar-refractivity contribution in [2.45, 2.75) is 153 Å². The van der Waals surface area contributed by atoms with E-state index in [1.54, 1.807) is 27.7 Å². The molecule has 8 nitrogen and oxygen atoms in total. The molecule has 0 heterocycles. The van der Waals surface area contributed by atoms with Gasteiger partial charge in [0, 0.05) is 6.42 Å². The fourth-order valence-corrected chi connectivity index (χ4v) is 2.19. The van der Waals surface area contributed by atoms with Gasteiger partial charge in [-0.2, -0.15) is 0 Å². The maximum atomic E-state index is 12.2. The number of carbonyl (C=O) groups excluding carboxylic acids is 4. The summed E-state index contributed by atoms with van der Waals surface area (Å²) in [4.78, 5) is 47.6. The van der Waals surface area contributed by atoms with Crippen LogP contribution in [0.3, 0.4) is 0 Å². The zero-order chi connectivity index (χ0) is 31.5. The molecule has 0 aromatic heterocycles. The summed E-state index contributed by atoms with van der Waals surface area (Å²) in [6.45, 7) is 28.0. The Morgan fingerprint density at radius 2 is 1.08 bits per heavy atom. The average Bonchev–Trinajstić information content (AvgIpc) is 2.80. The van der Waals surface area contributed by atoms with E-state index in [-0.39, 0.29) is 36.9 Å². The summed E-state index contributed by atoms with van der Waals surface area (Å²) < 4.78 is 21.3. The molecule has 0 radical (unpaired) electrons. The lowest BCUT2D eigenvalue weighted by atomic mass is 9.90. The number of hydrogen-bond acceptors (Lipinski definition) is 8. The summed E-state index contributed by atoms with van der Waals surface area (Å²) in [5, 5.41) is 0. The highest BCUT2D eigenvalue weighted by atomic mass is 16.6. The van der Waals surface area contributed by atoms with Crippen LogP contribution in [0.15, 0.2) is 0 Å². The van der Waals surface area contributed by atoms with Gasteiger partial charge in [0.15, 0.2) is 0 Å². The molecule has 0 N–H and O–H groups in total. The van der Waals surface area contributed by atoms with Crippen LogP contribution in [0.4, 0.5) is 0 Å². The van der Waals surface area contributed by atoms with E-state index in [0.29, 0.717) is 12.8 Å². The zero-order valence-corrected chi connectivity index (χ0v) is 27.6. The second kappa shape index (κ2) is 15.6. The summed E-state index contributed by atoms with van der Waals surface area (Å²) >= 11 is 0. The molecule has 0 saturated heterocycles. The summed E-state index contributed by atoms with van der Waals surface area (Å²) in [6.07, 6.45) is 2.94. The van der Waals surface area contributed by atoms with Crippen LogP contribution in [0.25, 0.3) is 0 Å². The highest BCUT2D eigenvalue weighted by molar-refractivity contribution is 5.84. The van der Waals surface area contributed by atoms with Crippen molar-refractivity contribution < 1.29 is 38.1 Å². The average molecular weight is 559 g/mol. The van der Waals surface area contributed by atoms with Crippen molar-refractivity contribution >= 4 is 23.9 Å². The van der Waals surface area contributed by atoms with Crippen molar-refractivity contribution in [3.63, 3.8) is 0 Å². The van der Waals surface area contributed by atoms with Crippen molar-refractivity contribution in [2.24, 2.45) is 16.7 Å². The van der Waals surface area contributed by atoms with Crippen LogP contribution in [0.5, 0.6) is 0 Å². The van der Waals surface area contributed by atoms with Crippen molar-refractivity contribution in [2.75, 3.05) is 6.61 Å². The van der Waals surface area contributed by atoms with Gasteiger partial charge in [-0.3, -0.25) is 14.4 Å². The third-order valence-electron chi connectivity index (χ3n) is 7.46. The molecule has 8 heteroatoms. The van der Waals surface area contributed by atoms with Gasteiger partial charge < -0.3 is 18.9 Å². The maximum Gasteiger partial charge on any atom is 0.350 e. The number of rotatable bonds is 14. The minimum Gasteiger partial charge on any atom is -0.465 e. The molecule has 0 aromatic rings. The largest absolute Gasteiger partial charge is 0.465 e. The lowest BCUT2D eigenvalue weighted by molar-refractivity contribution is -0.194. The third kappa shape index (κ3) is 14.7. The van der Waals surface area contributed by atoms with Crippen molar-refractivity contribution in [3.8, 4) is 0 Å². The number of hydrogen-bond donors (Lipinski definition) is 0. The van der Waals surface area contributed by atoms with Gasteiger partial charge in [0.25, 0.3) is 0 Å². The van der Waals surface area contributed by atoms with E-state index in [2.05, 4.69) is 0 Å². The molecule has 230 valence electrons. The van der Waals surface area contributed by atoms with Gasteiger partial charge in [-0.15, -0.1) is 0 Å². The number of carbonyl (C=O) groups is 4. The van der Waals surface area contributed by atoms with Gasteiger partial charge in [0.05, 0.1) is 17.4 Å². The summed E-state index contributed by atoms with van der Waals surface area (Å²) in [7, 11) is 0. The quantitative estimate of drug-likeness (QED) is 0.125. The SMILES string of the molecule is CCC(C)(C)C(=O)OC(C)(C)C(=O)OC(C)(C)C(C)C.CCC(C)(C)OC(=O)CCCOC(=O)C(C)(C)CC. The minimum atomic E-state index is -1.28. The Labute approximate surface area is 238 Å². The smallest absolute Gasteiger partial charge is 0.350 e. The van der Waals surface area contributed by atoms with Crippen LogP contribution in [0, 0.1) is 16.7 Å². The predicted octanol–water partition coefficient (Wildman–Crippen LogP) is 7.20. The third-order valence-corrected chi connectivity index (χ3v) is 7.46. The Hall–Kier alpha value is -2.12. The maximum absolute atomic E-state index is 12.2. The van der Waals surface area contributed by atoms with Crippen molar-refractivity contribution in [3.05, 3.63) is 0 Å². The van der Waals surface area contributed by atoms with Gasteiger partial charge in [0.2, 0.25) is 5.60 Å². The van der Waals surface area contributed by atoms with Gasteiger partial charge in [-0.1, -0.05) is 34.6 Å².